The molecule has 0 aromatic heterocycles. The number of benzene rings is 2. The summed E-state index contributed by atoms with van der Waals surface area (Å²) < 4.78 is 13.4. The fourth-order valence-electron chi connectivity index (χ4n) is 2.97. The van der Waals surface area contributed by atoms with E-state index in [0.717, 1.165) is 36.3 Å². The first-order valence-electron chi connectivity index (χ1n) is 7.41. The summed E-state index contributed by atoms with van der Waals surface area (Å²) in [5.74, 6) is -0.195. The molecule has 0 spiro atoms. The Morgan fingerprint density at radius 3 is 2.90 bits per heavy atom. The van der Waals surface area contributed by atoms with E-state index >= 15 is 0 Å². The molecule has 1 atom stereocenters. The van der Waals surface area contributed by atoms with E-state index in [-0.39, 0.29) is 5.82 Å². The maximum Gasteiger partial charge on any atom is 0.125 e. The van der Waals surface area contributed by atoms with E-state index in [1.165, 1.54) is 11.6 Å². The van der Waals surface area contributed by atoms with Crippen LogP contribution in [0.4, 0.5) is 10.1 Å². The summed E-state index contributed by atoms with van der Waals surface area (Å²) in [6, 6.07) is 12.9. The molecule has 0 aliphatic carbocycles. The number of nitrogens with zero attached hydrogens (tertiary/aromatic N) is 1. The molecule has 1 aliphatic heterocycles. The summed E-state index contributed by atoms with van der Waals surface area (Å²) in [7, 11) is 0. The zero-order valence-electron chi connectivity index (χ0n) is 12.2. The molecule has 1 heterocycles. The number of rotatable bonds is 4. The molecule has 1 unspecified atom stereocenters. The molecule has 2 aromatic carbocycles. The zero-order chi connectivity index (χ0) is 14.8. The van der Waals surface area contributed by atoms with Gasteiger partial charge in [0, 0.05) is 18.8 Å². The summed E-state index contributed by atoms with van der Waals surface area (Å²) in [5, 5.41) is 10.3. The molecule has 3 rings (SSSR count). The van der Waals surface area contributed by atoms with E-state index in [1.54, 1.807) is 6.07 Å². The highest BCUT2D eigenvalue weighted by Gasteiger charge is 2.20. The van der Waals surface area contributed by atoms with Crippen LogP contribution in [-0.4, -0.2) is 18.2 Å². The van der Waals surface area contributed by atoms with E-state index in [9.17, 15) is 9.50 Å². The van der Waals surface area contributed by atoms with E-state index in [2.05, 4.69) is 4.90 Å². The lowest BCUT2D eigenvalue weighted by Crippen LogP contribution is -2.23. The number of aryl methyl sites for hydroxylation is 1. The van der Waals surface area contributed by atoms with Crippen LogP contribution in [0.3, 0.4) is 0 Å². The van der Waals surface area contributed by atoms with Crippen LogP contribution in [-0.2, 0) is 6.42 Å². The van der Waals surface area contributed by atoms with Crippen molar-refractivity contribution in [3.05, 3.63) is 65.0 Å². The monoisotopic (exact) mass is 285 g/mol. The minimum absolute atomic E-state index is 0.195. The molecular formula is C18H20FNO. The van der Waals surface area contributed by atoms with Gasteiger partial charge in [-0.3, -0.25) is 0 Å². The van der Waals surface area contributed by atoms with Crippen molar-refractivity contribution in [2.75, 3.05) is 18.0 Å². The Kier molecular flexibility index (Phi) is 3.93. The normalized spacial score (nSPS) is 15.1. The van der Waals surface area contributed by atoms with Crippen molar-refractivity contribution in [2.45, 2.75) is 25.9 Å². The Bertz CT molecular complexity index is 641. The van der Waals surface area contributed by atoms with Gasteiger partial charge in [-0.05, 0) is 43.0 Å². The molecule has 1 N–H and O–H groups in total. The average molecular weight is 285 g/mol. The predicted octanol–water partition coefficient (Wildman–Crippen LogP) is 3.62. The van der Waals surface area contributed by atoms with Crippen LogP contribution >= 0.6 is 0 Å². The van der Waals surface area contributed by atoms with Crippen LogP contribution < -0.4 is 4.90 Å². The third-order valence-electron chi connectivity index (χ3n) is 4.14. The molecule has 0 saturated carbocycles. The molecule has 110 valence electrons. The maximum absolute atomic E-state index is 13.4. The molecule has 2 nitrogen and oxygen atoms in total. The Labute approximate surface area is 124 Å². The van der Waals surface area contributed by atoms with Gasteiger partial charge >= 0.3 is 0 Å². The van der Waals surface area contributed by atoms with Crippen LogP contribution in [0.15, 0.2) is 42.5 Å². The SMILES string of the molecule is Cc1cccc(C(O)CCN2CCc3ccc(F)cc32)c1. The quantitative estimate of drug-likeness (QED) is 0.927. The molecule has 3 heteroatoms. The van der Waals surface area contributed by atoms with Gasteiger partial charge in [-0.2, -0.15) is 0 Å². The number of hydrogen-bond acceptors (Lipinski definition) is 2. The molecule has 0 bridgehead atoms. The molecule has 0 radical (unpaired) electrons. The minimum atomic E-state index is -0.470. The topological polar surface area (TPSA) is 23.5 Å². The van der Waals surface area contributed by atoms with E-state index in [4.69, 9.17) is 0 Å². The number of aliphatic hydroxyl groups excluding tert-OH is 1. The van der Waals surface area contributed by atoms with Crippen LogP contribution in [0.1, 0.15) is 29.2 Å². The Balaban J connectivity index is 1.66. The van der Waals surface area contributed by atoms with Crippen molar-refractivity contribution in [2.24, 2.45) is 0 Å². The van der Waals surface area contributed by atoms with Crippen molar-refractivity contribution >= 4 is 5.69 Å². The Hall–Kier alpha value is -1.87. The Morgan fingerprint density at radius 1 is 1.24 bits per heavy atom. The average Bonchev–Trinajstić information content (AvgIpc) is 2.87. The standard InChI is InChI=1S/C18H20FNO/c1-13-3-2-4-15(11-13)18(21)8-10-20-9-7-14-5-6-16(19)12-17(14)20/h2-6,11-12,18,21H,7-10H2,1H3. The van der Waals surface area contributed by atoms with Gasteiger partial charge in [0.15, 0.2) is 0 Å². The molecule has 0 saturated heterocycles. The third kappa shape index (κ3) is 3.08. The van der Waals surface area contributed by atoms with Crippen molar-refractivity contribution in [3.63, 3.8) is 0 Å². The predicted molar refractivity (Wildman–Crippen MR) is 83.1 cm³/mol. The summed E-state index contributed by atoms with van der Waals surface area (Å²) >= 11 is 0. The lowest BCUT2D eigenvalue weighted by Gasteiger charge is -2.21. The molecule has 21 heavy (non-hydrogen) atoms. The Morgan fingerprint density at radius 2 is 2.10 bits per heavy atom. The summed E-state index contributed by atoms with van der Waals surface area (Å²) in [5.41, 5.74) is 4.28. The van der Waals surface area contributed by atoms with Gasteiger partial charge < -0.3 is 10.0 Å². The third-order valence-corrected chi connectivity index (χ3v) is 4.14. The second-order valence-electron chi connectivity index (χ2n) is 5.73. The van der Waals surface area contributed by atoms with Gasteiger partial charge in [0.25, 0.3) is 0 Å². The first-order valence-corrected chi connectivity index (χ1v) is 7.41. The number of halogens is 1. The zero-order valence-corrected chi connectivity index (χ0v) is 12.2. The highest BCUT2D eigenvalue weighted by molar-refractivity contribution is 5.58. The van der Waals surface area contributed by atoms with Crippen LogP contribution in [0.5, 0.6) is 0 Å². The first kappa shape index (κ1) is 14.1. The smallest absolute Gasteiger partial charge is 0.125 e. The lowest BCUT2D eigenvalue weighted by molar-refractivity contribution is 0.169. The van der Waals surface area contributed by atoms with Crippen LogP contribution in [0, 0.1) is 12.7 Å². The highest BCUT2D eigenvalue weighted by atomic mass is 19.1. The number of anilines is 1. The van der Waals surface area contributed by atoms with Crippen LogP contribution in [0.25, 0.3) is 0 Å². The number of aliphatic hydroxyl groups is 1. The molecule has 2 aromatic rings. The van der Waals surface area contributed by atoms with Crippen molar-refractivity contribution in [1.82, 2.24) is 0 Å². The van der Waals surface area contributed by atoms with Gasteiger partial charge in [0.1, 0.15) is 5.82 Å². The molecule has 0 fully saturated rings. The van der Waals surface area contributed by atoms with Gasteiger partial charge in [-0.25, -0.2) is 4.39 Å². The first-order chi connectivity index (χ1) is 10.1. The summed E-state index contributed by atoms with van der Waals surface area (Å²) in [6.07, 6.45) is 1.14. The highest BCUT2D eigenvalue weighted by Crippen LogP contribution is 2.29. The second kappa shape index (κ2) is 5.86. The van der Waals surface area contributed by atoms with Gasteiger partial charge in [-0.1, -0.05) is 35.9 Å². The second-order valence-corrected chi connectivity index (χ2v) is 5.73. The maximum atomic E-state index is 13.4. The summed E-state index contributed by atoms with van der Waals surface area (Å²) in [4.78, 5) is 2.16. The van der Waals surface area contributed by atoms with Gasteiger partial charge in [0.05, 0.1) is 6.10 Å². The number of fused-ring (bicyclic) bond motifs is 1. The number of hydrogen-bond donors (Lipinski definition) is 1. The summed E-state index contributed by atoms with van der Waals surface area (Å²) in [6.45, 7) is 3.67. The van der Waals surface area contributed by atoms with Gasteiger partial charge in [-0.15, -0.1) is 0 Å². The molecule has 0 amide bonds. The van der Waals surface area contributed by atoms with Crippen molar-refractivity contribution < 1.29 is 9.50 Å². The largest absolute Gasteiger partial charge is 0.388 e. The molecule has 1 aliphatic rings. The van der Waals surface area contributed by atoms with Crippen molar-refractivity contribution in [3.8, 4) is 0 Å². The van der Waals surface area contributed by atoms with E-state index in [1.807, 2.05) is 37.3 Å². The van der Waals surface area contributed by atoms with Crippen LogP contribution in [0.2, 0.25) is 0 Å². The lowest BCUT2D eigenvalue weighted by atomic mass is 10.0. The molecular weight excluding hydrogens is 265 g/mol. The minimum Gasteiger partial charge on any atom is -0.388 e. The fraction of sp³-hybridized carbons (Fsp3) is 0.333. The van der Waals surface area contributed by atoms with E-state index in [0.29, 0.717) is 6.42 Å². The van der Waals surface area contributed by atoms with Gasteiger partial charge in [0.2, 0.25) is 0 Å². The van der Waals surface area contributed by atoms with Crippen molar-refractivity contribution in [1.29, 1.82) is 0 Å². The van der Waals surface area contributed by atoms with E-state index < -0.39 is 6.10 Å². The fourth-order valence-corrected chi connectivity index (χ4v) is 2.97.